The van der Waals surface area contributed by atoms with Gasteiger partial charge in [0, 0.05) is 0 Å². The van der Waals surface area contributed by atoms with E-state index in [1.807, 2.05) is 0 Å². The maximum Gasteiger partial charge on any atom is 0.345 e. The minimum Gasteiger partial charge on any atom is -0.403 e. The van der Waals surface area contributed by atoms with E-state index < -0.39 is 5.97 Å². The van der Waals surface area contributed by atoms with Crippen molar-refractivity contribution >= 4 is 17.6 Å². The van der Waals surface area contributed by atoms with Crippen LogP contribution in [-0.2, 0) is 4.74 Å². The third kappa shape index (κ3) is 1.78. The largest absolute Gasteiger partial charge is 0.403 e. The molecule has 0 bridgehead atoms. The van der Waals surface area contributed by atoms with Crippen molar-refractivity contribution in [1.82, 2.24) is 0 Å². The van der Waals surface area contributed by atoms with Gasteiger partial charge in [0.25, 0.3) is 0 Å². The summed E-state index contributed by atoms with van der Waals surface area (Å²) < 4.78 is 18.1. The molecular formula is C14H8FNO2. The van der Waals surface area contributed by atoms with Gasteiger partial charge in [-0.3, -0.25) is 0 Å². The molecule has 1 aliphatic heterocycles. The van der Waals surface area contributed by atoms with Crippen LogP contribution < -0.4 is 0 Å². The molecule has 0 unspecified atom stereocenters. The Morgan fingerprint density at radius 1 is 1.00 bits per heavy atom. The zero-order valence-corrected chi connectivity index (χ0v) is 9.26. The third-order valence-electron chi connectivity index (χ3n) is 2.61. The van der Waals surface area contributed by atoms with E-state index in [-0.39, 0.29) is 11.7 Å². The summed E-state index contributed by atoms with van der Waals surface area (Å²) in [5.74, 6) is -0.601. The molecular weight excluding hydrogens is 233 g/mol. The number of nitrogens with zero attached hydrogens (tertiary/aromatic N) is 1. The van der Waals surface area contributed by atoms with Gasteiger partial charge in [-0.05, 0) is 30.3 Å². The van der Waals surface area contributed by atoms with Crippen molar-refractivity contribution in [3.63, 3.8) is 0 Å². The number of halogens is 1. The lowest BCUT2D eigenvalue weighted by Crippen LogP contribution is -1.99. The van der Waals surface area contributed by atoms with E-state index in [1.54, 1.807) is 36.4 Å². The lowest BCUT2D eigenvalue weighted by Gasteiger charge is -1.98. The minimum atomic E-state index is -0.430. The number of esters is 1. The fourth-order valence-electron chi connectivity index (χ4n) is 1.79. The van der Waals surface area contributed by atoms with Gasteiger partial charge >= 0.3 is 5.97 Å². The van der Waals surface area contributed by atoms with Crippen LogP contribution in [0.2, 0.25) is 0 Å². The predicted molar refractivity (Wildman–Crippen MR) is 64.5 cm³/mol. The van der Waals surface area contributed by atoms with Crippen LogP contribution in [0.1, 0.15) is 15.9 Å². The molecule has 0 aromatic heterocycles. The highest BCUT2D eigenvalue weighted by Gasteiger charge is 2.27. The Labute approximate surface area is 103 Å². The molecule has 0 radical (unpaired) electrons. The maximum absolute atomic E-state index is 13.0. The van der Waals surface area contributed by atoms with Crippen molar-refractivity contribution in [2.45, 2.75) is 0 Å². The average Bonchev–Trinajstić information content (AvgIpc) is 2.67. The molecule has 2 aromatic rings. The highest BCUT2D eigenvalue weighted by Crippen LogP contribution is 2.23. The average molecular weight is 241 g/mol. The monoisotopic (exact) mass is 241 g/mol. The Hall–Kier alpha value is -2.49. The number of benzene rings is 2. The fraction of sp³-hybridized carbons (Fsp3) is 0. The maximum atomic E-state index is 13.0. The number of hydrogen-bond acceptors (Lipinski definition) is 3. The van der Waals surface area contributed by atoms with Crippen LogP contribution in [0.5, 0.6) is 0 Å². The van der Waals surface area contributed by atoms with Crippen LogP contribution in [0.4, 0.5) is 10.1 Å². The van der Waals surface area contributed by atoms with Crippen molar-refractivity contribution in [3.05, 3.63) is 65.5 Å². The highest BCUT2D eigenvalue weighted by atomic mass is 19.1. The second-order valence-corrected chi connectivity index (χ2v) is 3.83. The quantitative estimate of drug-likeness (QED) is 0.719. The van der Waals surface area contributed by atoms with Crippen molar-refractivity contribution < 1.29 is 13.9 Å². The van der Waals surface area contributed by atoms with Gasteiger partial charge in [0.1, 0.15) is 5.82 Å². The third-order valence-corrected chi connectivity index (χ3v) is 2.61. The van der Waals surface area contributed by atoms with Crippen LogP contribution in [0, 0.1) is 5.82 Å². The number of ether oxygens (including phenoxy) is 1. The van der Waals surface area contributed by atoms with E-state index in [0.717, 1.165) is 0 Å². The molecule has 88 valence electrons. The standard InChI is InChI=1S/C14H8FNO2/c15-9-4-3-5-10(8-9)16-13-11-6-1-2-7-12(11)14(17)18-13/h1-8H. The lowest BCUT2D eigenvalue weighted by atomic mass is 10.1. The van der Waals surface area contributed by atoms with E-state index >= 15 is 0 Å². The van der Waals surface area contributed by atoms with Crippen LogP contribution in [0.3, 0.4) is 0 Å². The molecule has 4 heteroatoms. The van der Waals surface area contributed by atoms with Gasteiger partial charge in [0.05, 0.1) is 16.8 Å². The van der Waals surface area contributed by atoms with Gasteiger partial charge in [0.15, 0.2) is 0 Å². The van der Waals surface area contributed by atoms with E-state index in [9.17, 15) is 9.18 Å². The van der Waals surface area contributed by atoms with Gasteiger partial charge in [-0.1, -0.05) is 18.2 Å². The summed E-state index contributed by atoms with van der Waals surface area (Å²) >= 11 is 0. The molecule has 1 heterocycles. The SMILES string of the molecule is O=C1OC(=Nc2cccc(F)c2)c2ccccc21. The van der Waals surface area contributed by atoms with E-state index in [0.29, 0.717) is 16.8 Å². The first kappa shape index (κ1) is 10.7. The van der Waals surface area contributed by atoms with Crippen LogP contribution in [-0.4, -0.2) is 11.9 Å². The summed E-state index contributed by atoms with van der Waals surface area (Å²) in [6.07, 6.45) is 0. The summed E-state index contributed by atoms with van der Waals surface area (Å²) in [6, 6.07) is 12.8. The summed E-state index contributed by atoms with van der Waals surface area (Å²) in [7, 11) is 0. The van der Waals surface area contributed by atoms with Crippen LogP contribution in [0.25, 0.3) is 0 Å². The minimum absolute atomic E-state index is 0.209. The number of cyclic esters (lactones) is 1. The van der Waals surface area contributed by atoms with Crippen molar-refractivity contribution in [3.8, 4) is 0 Å². The number of hydrogen-bond donors (Lipinski definition) is 0. The van der Waals surface area contributed by atoms with E-state index in [4.69, 9.17) is 4.74 Å². The summed E-state index contributed by atoms with van der Waals surface area (Å²) in [6.45, 7) is 0. The number of fused-ring (bicyclic) bond motifs is 1. The molecule has 2 aromatic carbocycles. The molecule has 3 rings (SSSR count). The molecule has 0 saturated carbocycles. The van der Waals surface area contributed by atoms with E-state index in [1.165, 1.54) is 12.1 Å². The predicted octanol–water partition coefficient (Wildman–Crippen LogP) is 3.07. The molecule has 18 heavy (non-hydrogen) atoms. The second kappa shape index (κ2) is 4.07. The van der Waals surface area contributed by atoms with Gasteiger partial charge in [-0.15, -0.1) is 0 Å². The molecule has 0 amide bonds. The number of aliphatic imine (C=N–C) groups is 1. The number of rotatable bonds is 1. The molecule has 0 fully saturated rings. The van der Waals surface area contributed by atoms with Crippen LogP contribution >= 0.6 is 0 Å². The molecule has 0 spiro atoms. The zero-order chi connectivity index (χ0) is 12.5. The molecule has 3 nitrogen and oxygen atoms in total. The van der Waals surface area contributed by atoms with Gasteiger partial charge in [-0.2, -0.15) is 0 Å². The number of carbonyl (C=O) groups excluding carboxylic acids is 1. The smallest absolute Gasteiger partial charge is 0.345 e. The zero-order valence-electron chi connectivity index (χ0n) is 9.26. The van der Waals surface area contributed by atoms with Crippen molar-refractivity contribution in [2.24, 2.45) is 4.99 Å². The first-order chi connectivity index (χ1) is 8.74. The Bertz CT molecular complexity index is 664. The van der Waals surface area contributed by atoms with E-state index in [2.05, 4.69) is 4.99 Å². The number of carbonyl (C=O) groups is 1. The summed E-state index contributed by atoms with van der Waals surface area (Å²) in [5, 5.41) is 0. The van der Waals surface area contributed by atoms with Crippen molar-refractivity contribution in [1.29, 1.82) is 0 Å². The van der Waals surface area contributed by atoms with Crippen molar-refractivity contribution in [2.75, 3.05) is 0 Å². The van der Waals surface area contributed by atoms with Crippen LogP contribution in [0.15, 0.2) is 53.5 Å². The molecule has 1 aliphatic rings. The molecule has 0 atom stereocenters. The Morgan fingerprint density at radius 2 is 1.78 bits per heavy atom. The normalized spacial score (nSPS) is 15.6. The Kier molecular flexibility index (Phi) is 2.41. The van der Waals surface area contributed by atoms with Gasteiger partial charge in [0.2, 0.25) is 5.90 Å². The second-order valence-electron chi connectivity index (χ2n) is 3.83. The fourth-order valence-corrected chi connectivity index (χ4v) is 1.79. The molecule has 0 N–H and O–H groups in total. The van der Waals surface area contributed by atoms with Gasteiger partial charge in [-0.25, -0.2) is 14.2 Å². The highest BCUT2D eigenvalue weighted by molar-refractivity contribution is 6.17. The summed E-state index contributed by atoms with van der Waals surface area (Å²) in [5.41, 5.74) is 1.52. The molecule has 0 saturated heterocycles. The topological polar surface area (TPSA) is 38.7 Å². The lowest BCUT2D eigenvalue weighted by molar-refractivity contribution is 0.0737. The Morgan fingerprint density at radius 3 is 2.56 bits per heavy atom. The Balaban J connectivity index is 2.07. The molecule has 0 aliphatic carbocycles. The first-order valence-corrected chi connectivity index (χ1v) is 5.40. The summed E-state index contributed by atoms with van der Waals surface area (Å²) in [4.78, 5) is 15.7. The first-order valence-electron chi connectivity index (χ1n) is 5.40. The van der Waals surface area contributed by atoms with Gasteiger partial charge < -0.3 is 4.74 Å².